The molecule has 19 heavy (non-hydrogen) atoms. The van der Waals surface area contributed by atoms with Crippen molar-refractivity contribution in [3.63, 3.8) is 0 Å². The molecule has 0 spiro atoms. The van der Waals surface area contributed by atoms with Crippen molar-refractivity contribution in [2.75, 3.05) is 24.5 Å². The monoisotopic (exact) mass is 281 g/mol. The summed E-state index contributed by atoms with van der Waals surface area (Å²) in [5.74, 6) is 0.858. The van der Waals surface area contributed by atoms with Gasteiger partial charge in [-0.25, -0.2) is 4.98 Å². The Kier molecular flexibility index (Phi) is 5.64. The van der Waals surface area contributed by atoms with Gasteiger partial charge in [0.2, 0.25) is 0 Å². The average Bonchev–Trinajstić information content (AvgIpc) is 2.94. The van der Waals surface area contributed by atoms with Crippen LogP contribution in [0.2, 0.25) is 0 Å². The lowest BCUT2D eigenvalue weighted by Crippen LogP contribution is -2.34. The van der Waals surface area contributed by atoms with Crippen molar-refractivity contribution >= 4 is 16.5 Å². The van der Waals surface area contributed by atoms with E-state index in [0.29, 0.717) is 6.04 Å². The van der Waals surface area contributed by atoms with Gasteiger partial charge in [0.05, 0.1) is 0 Å². The summed E-state index contributed by atoms with van der Waals surface area (Å²) >= 11 is 1.86. The zero-order chi connectivity index (χ0) is 13.7. The van der Waals surface area contributed by atoms with Crippen LogP contribution in [0.5, 0.6) is 0 Å². The molecule has 0 amide bonds. The topological polar surface area (TPSA) is 28.2 Å². The molecule has 1 aliphatic rings. The molecule has 3 nitrogen and oxygen atoms in total. The fourth-order valence-electron chi connectivity index (χ4n) is 2.66. The summed E-state index contributed by atoms with van der Waals surface area (Å²) in [6.45, 7) is 10.2. The summed E-state index contributed by atoms with van der Waals surface area (Å²) in [7, 11) is 0. The molecule has 0 aliphatic carbocycles. The van der Waals surface area contributed by atoms with Gasteiger partial charge >= 0.3 is 0 Å². The fraction of sp³-hybridized carbons (Fsp3) is 0.800. The van der Waals surface area contributed by atoms with Crippen molar-refractivity contribution in [3.05, 3.63) is 11.1 Å². The standard InChI is InChI=1S/C15H27N3S/c1-4-8-16-12(3)14-10-17-15(19-14)18-9-6-7-13(5-2)11-18/h10,12-13,16H,4-9,11H2,1-3H3. The zero-order valence-electron chi connectivity index (χ0n) is 12.5. The SMILES string of the molecule is CCCNC(C)c1cnc(N2CCCC(CC)C2)s1. The first-order valence-electron chi connectivity index (χ1n) is 7.68. The van der Waals surface area contributed by atoms with Crippen molar-refractivity contribution < 1.29 is 0 Å². The maximum absolute atomic E-state index is 4.64. The number of hydrogen-bond donors (Lipinski definition) is 1. The molecule has 0 radical (unpaired) electrons. The third-order valence-electron chi connectivity index (χ3n) is 4.01. The summed E-state index contributed by atoms with van der Waals surface area (Å²) in [6.07, 6.45) is 7.24. The summed E-state index contributed by atoms with van der Waals surface area (Å²) < 4.78 is 0. The van der Waals surface area contributed by atoms with E-state index >= 15 is 0 Å². The van der Waals surface area contributed by atoms with E-state index in [1.807, 2.05) is 11.3 Å². The first-order chi connectivity index (χ1) is 9.24. The van der Waals surface area contributed by atoms with Crippen LogP contribution in [0, 0.1) is 5.92 Å². The van der Waals surface area contributed by atoms with Crippen LogP contribution in [0.15, 0.2) is 6.20 Å². The number of anilines is 1. The van der Waals surface area contributed by atoms with Crippen molar-refractivity contribution in [3.8, 4) is 0 Å². The van der Waals surface area contributed by atoms with E-state index in [1.54, 1.807) is 0 Å². The predicted octanol–water partition coefficient (Wildman–Crippen LogP) is 3.83. The first kappa shape index (κ1) is 14.8. The van der Waals surface area contributed by atoms with E-state index in [-0.39, 0.29) is 0 Å². The van der Waals surface area contributed by atoms with Crippen LogP contribution >= 0.6 is 11.3 Å². The van der Waals surface area contributed by atoms with Crippen molar-refractivity contribution in [2.24, 2.45) is 5.92 Å². The third-order valence-corrected chi connectivity index (χ3v) is 5.25. The molecule has 1 saturated heterocycles. The van der Waals surface area contributed by atoms with Gasteiger partial charge in [0.1, 0.15) is 0 Å². The van der Waals surface area contributed by atoms with Crippen LogP contribution in [0.3, 0.4) is 0 Å². The second-order valence-corrected chi connectivity index (χ2v) is 6.62. The van der Waals surface area contributed by atoms with Gasteiger partial charge in [0.25, 0.3) is 0 Å². The minimum atomic E-state index is 0.429. The first-order valence-corrected chi connectivity index (χ1v) is 8.50. The molecule has 2 rings (SSSR count). The second-order valence-electron chi connectivity index (χ2n) is 5.58. The van der Waals surface area contributed by atoms with Gasteiger partial charge in [-0.15, -0.1) is 11.3 Å². The van der Waals surface area contributed by atoms with Crippen LogP contribution in [-0.2, 0) is 0 Å². The minimum Gasteiger partial charge on any atom is -0.348 e. The molecule has 1 fully saturated rings. The van der Waals surface area contributed by atoms with Gasteiger partial charge in [-0.3, -0.25) is 0 Å². The van der Waals surface area contributed by atoms with E-state index in [2.05, 4.69) is 42.2 Å². The Balaban J connectivity index is 1.96. The van der Waals surface area contributed by atoms with E-state index in [4.69, 9.17) is 0 Å². The molecule has 0 aromatic carbocycles. The molecule has 2 heterocycles. The summed E-state index contributed by atoms with van der Waals surface area (Å²) in [6, 6.07) is 0.429. The lowest BCUT2D eigenvalue weighted by molar-refractivity contribution is 0.404. The lowest BCUT2D eigenvalue weighted by atomic mass is 9.96. The highest BCUT2D eigenvalue weighted by atomic mass is 32.1. The van der Waals surface area contributed by atoms with Crippen LogP contribution in [0.4, 0.5) is 5.13 Å². The van der Waals surface area contributed by atoms with Crippen LogP contribution in [-0.4, -0.2) is 24.6 Å². The quantitative estimate of drug-likeness (QED) is 0.859. The largest absolute Gasteiger partial charge is 0.348 e. The normalized spacial score (nSPS) is 21.6. The number of hydrogen-bond acceptors (Lipinski definition) is 4. The van der Waals surface area contributed by atoms with Gasteiger partial charge in [-0.2, -0.15) is 0 Å². The van der Waals surface area contributed by atoms with E-state index < -0.39 is 0 Å². The maximum atomic E-state index is 4.64. The number of aromatic nitrogens is 1. The van der Waals surface area contributed by atoms with E-state index in [9.17, 15) is 0 Å². The zero-order valence-corrected chi connectivity index (χ0v) is 13.3. The fourth-order valence-corrected chi connectivity index (χ4v) is 3.63. The maximum Gasteiger partial charge on any atom is 0.185 e. The highest BCUT2D eigenvalue weighted by Gasteiger charge is 2.21. The molecule has 0 saturated carbocycles. The Hall–Kier alpha value is -0.610. The number of nitrogens with zero attached hydrogens (tertiary/aromatic N) is 2. The minimum absolute atomic E-state index is 0.429. The van der Waals surface area contributed by atoms with Gasteiger partial charge in [-0.1, -0.05) is 20.3 Å². The summed E-state index contributed by atoms with van der Waals surface area (Å²) in [5, 5.41) is 4.76. The number of nitrogens with one attached hydrogen (secondary N) is 1. The molecule has 108 valence electrons. The molecular weight excluding hydrogens is 254 g/mol. The van der Waals surface area contributed by atoms with Gasteiger partial charge in [0.15, 0.2) is 5.13 Å². The molecular formula is C15H27N3S. The Bertz CT molecular complexity index is 377. The Morgan fingerprint density at radius 1 is 1.53 bits per heavy atom. The van der Waals surface area contributed by atoms with Gasteiger partial charge < -0.3 is 10.2 Å². The third kappa shape index (κ3) is 3.93. The van der Waals surface area contributed by atoms with E-state index in [0.717, 1.165) is 12.5 Å². The molecule has 1 N–H and O–H groups in total. The molecule has 1 aromatic rings. The number of piperidine rings is 1. The second kappa shape index (κ2) is 7.25. The summed E-state index contributed by atoms with van der Waals surface area (Å²) in [5.41, 5.74) is 0. The highest BCUT2D eigenvalue weighted by molar-refractivity contribution is 7.15. The Morgan fingerprint density at radius 2 is 2.37 bits per heavy atom. The van der Waals surface area contributed by atoms with E-state index in [1.165, 1.54) is 48.8 Å². The molecule has 4 heteroatoms. The predicted molar refractivity (Wildman–Crippen MR) is 84.1 cm³/mol. The van der Waals surface area contributed by atoms with Crippen LogP contribution in [0.25, 0.3) is 0 Å². The molecule has 1 aromatic heterocycles. The molecule has 2 unspecified atom stereocenters. The lowest BCUT2D eigenvalue weighted by Gasteiger charge is -2.31. The van der Waals surface area contributed by atoms with Crippen molar-refractivity contribution in [2.45, 2.75) is 52.5 Å². The molecule has 2 atom stereocenters. The van der Waals surface area contributed by atoms with Gasteiger partial charge in [-0.05, 0) is 38.6 Å². The molecule has 0 bridgehead atoms. The number of thiazole rings is 1. The van der Waals surface area contributed by atoms with Crippen LogP contribution < -0.4 is 10.2 Å². The smallest absolute Gasteiger partial charge is 0.185 e. The Morgan fingerprint density at radius 3 is 3.11 bits per heavy atom. The van der Waals surface area contributed by atoms with Crippen LogP contribution in [0.1, 0.15) is 57.4 Å². The molecule has 1 aliphatic heterocycles. The highest BCUT2D eigenvalue weighted by Crippen LogP contribution is 2.30. The van der Waals surface area contributed by atoms with Gasteiger partial charge in [0, 0.05) is 30.2 Å². The summed E-state index contributed by atoms with van der Waals surface area (Å²) in [4.78, 5) is 8.49. The number of rotatable bonds is 6. The Labute approximate surface area is 121 Å². The van der Waals surface area contributed by atoms with Crippen molar-refractivity contribution in [1.82, 2.24) is 10.3 Å². The average molecular weight is 281 g/mol. The van der Waals surface area contributed by atoms with Crippen molar-refractivity contribution in [1.29, 1.82) is 0 Å².